The largest absolute Gasteiger partial charge is 0.274 e. The molecule has 0 rings (SSSR count). The molecule has 0 saturated heterocycles. The summed E-state index contributed by atoms with van der Waals surface area (Å²) in [6, 6.07) is 0. The molecule has 1 radical (unpaired) electrons. The first-order chi connectivity index (χ1) is 4.52. The Morgan fingerprint density at radius 1 is 1.60 bits per heavy atom. The number of hydrogen-bond donors (Lipinski definition) is 1. The fraction of sp³-hybridized carbons (Fsp3) is 0.600. The molecule has 0 saturated carbocycles. The maximum Gasteiger partial charge on any atom is 0.234 e. The van der Waals surface area contributed by atoms with E-state index >= 15 is 0 Å². The summed E-state index contributed by atoms with van der Waals surface area (Å²) in [6.45, 7) is 4.72. The lowest BCUT2D eigenvalue weighted by atomic mass is 10.5. The van der Waals surface area contributed by atoms with Crippen molar-refractivity contribution in [2.24, 2.45) is 0 Å². The summed E-state index contributed by atoms with van der Waals surface area (Å²) >= 11 is 0. The molecule has 0 spiro atoms. The lowest BCUT2D eigenvalue weighted by Crippen LogP contribution is -2.31. The second kappa shape index (κ2) is 3.55. The number of nitrogens with one attached hydrogen (secondary N) is 1. The van der Waals surface area contributed by atoms with Gasteiger partial charge in [-0.2, -0.15) is 0 Å². The molecule has 10 heavy (non-hydrogen) atoms. The molecule has 0 atom stereocenters. The van der Waals surface area contributed by atoms with Crippen molar-refractivity contribution in [3.63, 3.8) is 0 Å². The molecular formula is C5H10NO3S. The van der Waals surface area contributed by atoms with Gasteiger partial charge in [-0.25, -0.2) is 8.42 Å². The smallest absolute Gasteiger partial charge is 0.234 e. The SMILES string of the molecule is [CH2]CS(=O)(=O)NC(=O)CC. The topological polar surface area (TPSA) is 63.2 Å². The summed E-state index contributed by atoms with van der Waals surface area (Å²) in [4.78, 5) is 10.5. The van der Waals surface area contributed by atoms with Gasteiger partial charge in [0.05, 0.1) is 5.75 Å². The van der Waals surface area contributed by atoms with E-state index in [2.05, 4.69) is 6.92 Å². The Balaban J connectivity index is 4.03. The third-order valence-electron chi connectivity index (χ3n) is 0.859. The first kappa shape index (κ1) is 9.42. The van der Waals surface area contributed by atoms with Gasteiger partial charge >= 0.3 is 0 Å². The van der Waals surface area contributed by atoms with Crippen LogP contribution in [0.15, 0.2) is 0 Å². The quantitative estimate of drug-likeness (QED) is 0.621. The van der Waals surface area contributed by atoms with Crippen LogP contribution in [0.2, 0.25) is 0 Å². The third-order valence-corrected chi connectivity index (χ3v) is 1.94. The summed E-state index contributed by atoms with van der Waals surface area (Å²) in [6.07, 6.45) is 0.166. The molecule has 0 heterocycles. The molecule has 0 aliphatic rings. The summed E-state index contributed by atoms with van der Waals surface area (Å²) in [5, 5.41) is 0. The van der Waals surface area contributed by atoms with Gasteiger partial charge in [-0.05, 0) is 6.92 Å². The Labute approximate surface area is 60.7 Å². The standard InChI is InChI=1S/C5H10NO3S/c1-3-5(7)6-10(8,9)4-2/h2-4H2,1H3,(H,6,7). The molecule has 0 aliphatic heterocycles. The van der Waals surface area contributed by atoms with Crippen LogP contribution < -0.4 is 4.72 Å². The molecule has 4 nitrogen and oxygen atoms in total. The minimum absolute atomic E-state index is 0.166. The van der Waals surface area contributed by atoms with E-state index in [1.54, 1.807) is 6.92 Å². The summed E-state index contributed by atoms with van der Waals surface area (Å²) in [7, 11) is -3.44. The molecule has 0 unspecified atom stereocenters. The van der Waals surface area contributed by atoms with E-state index in [1.807, 2.05) is 4.72 Å². The second-order valence-corrected chi connectivity index (χ2v) is 3.54. The Bertz CT molecular complexity index is 207. The van der Waals surface area contributed by atoms with E-state index in [1.165, 1.54) is 0 Å². The summed E-state index contributed by atoms with van der Waals surface area (Å²) in [5.74, 6) is -0.803. The van der Waals surface area contributed by atoms with Gasteiger partial charge < -0.3 is 0 Å². The van der Waals surface area contributed by atoms with Crippen LogP contribution >= 0.6 is 0 Å². The lowest BCUT2D eigenvalue weighted by molar-refractivity contribution is -0.119. The third kappa shape index (κ3) is 3.45. The molecule has 5 heteroatoms. The van der Waals surface area contributed by atoms with Crippen LogP contribution in [0.25, 0.3) is 0 Å². The van der Waals surface area contributed by atoms with Crippen LogP contribution in [0, 0.1) is 6.92 Å². The van der Waals surface area contributed by atoms with Crippen LogP contribution in [-0.4, -0.2) is 20.1 Å². The highest BCUT2D eigenvalue weighted by molar-refractivity contribution is 7.90. The van der Waals surface area contributed by atoms with Crippen LogP contribution in [0.1, 0.15) is 13.3 Å². The van der Waals surface area contributed by atoms with Gasteiger partial charge in [0.25, 0.3) is 0 Å². The molecule has 1 amide bonds. The number of hydrogen-bond acceptors (Lipinski definition) is 3. The average molecular weight is 164 g/mol. The fourth-order valence-electron chi connectivity index (χ4n) is 0.297. The van der Waals surface area contributed by atoms with E-state index in [4.69, 9.17) is 0 Å². The van der Waals surface area contributed by atoms with Crippen molar-refractivity contribution in [1.82, 2.24) is 4.72 Å². The van der Waals surface area contributed by atoms with Gasteiger partial charge in [-0.1, -0.05) is 6.92 Å². The number of rotatable bonds is 3. The zero-order valence-corrected chi connectivity index (χ0v) is 6.57. The van der Waals surface area contributed by atoms with Crippen molar-refractivity contribution in [3.05, 3.63) is 6.92 Å². The average Bonchev–Trinajstić information content (AvgIpc) is 1.87. The number of carbonyl (C=O) groups excluding carboxylic acids is 1. The van der Waals surface area contributed by atoms with Crippen LogP contribution in [0.4, 0.5) is 0 Å². The lowest BCUT2D eigenvalue weighted by Gasteiger charge is -2.00. The van der Waals surface area contributed by atoms with Crippen LogP contribution in [0.3, 0.4) is 0 Å². The minimum Gasteiger partial charge on any atom is -0.274 e. The summed E-state index contributed by atoms with van der Waals surface area (Å²) < 4.78 is 23.0. The predicted octanol–water partition coefficient (Wildman–Crippen LogP) is -0.324. The van der Waals surface area contributed by atoms with E-state index in [9.17, 15) is 13.2 Å². The molecule has 0 bridgehead atoms. The molecule has 0 aromatic carbocycles. The molecule has 0 aromatic heterocycles. The van der Waals surface area contributed by atoms with Gasteiger partial charge in [0.1, 0.15) is 0 Å². The number of amides is 1. The van der Waals surface area contributed by atoms with Crippen molar-refractivity contribution < 1.29 is 13.2 Å². The van der Waals surface area contributed by atoms with Crippen LogP contribution in [0.5, 0.6) is 0 Å². The summed E-state index contributed by atoms with van der Waals surface area (Å²) in [5.41, 5.74) is 0. The molecule has 0 aliphatic carbocycles. The highest BCUT2D eigenvalue weighted by Crippen LogP contribution is 1.83. The van der Waals surface area contributed by atoms with Crippen molar-refractivity contribution in [3.8, 4) is 0 Å². The maximum atomic E-state index is 10.6. The fourth-order valence-corrected chi connectivity index (χ4v) is 0.890. The number of sulfonamides is 1. The van der Waals surface area contributed by atoms with Gasteiger partial charge in [0.15, 0.2) is 0 Å². The monoisotopic (exact) mass is 164 g/mol. The van der Waals surface area contributed by atoms with Crippen LogP contribution in [-0.2, 0) is 14.8 Å². The van der Waals surface area contributed by atoms with Crippen molar-refractivity contribution in [2.75, 3.05) is 5.75 Å². The second-order valence-electron chi connectivity index (χ2n) is 1.70. The van der Waals surface area contributed by atoms with Crippen molar-refractivity contribution in [1.29, 1.82) is 0 Å². The molecule has 0 fully saturated rings. The Hall–Kier alpha value is -0.580. The highest BCUT2D eigenvalue weighted by atomic mass is 32.2. The maximum absolute atomic E-state index is 10.6. The van der Waals surface area contributed by atoms with Crippen molar-refractivity contribution in [2.45, 2.75) is 13.3 Å². The molecule has 0 aromatic rings. The van der Waals surface area contributed by atoms with Gasteiger partial charge in [-0.15, -0.1) is 0 Å². The van der Waals surface area contributed by atoms with Gasteiger partial charge in [-0.3, -0.25) is 9.52 Å². The van der Waals surface area contributed by atoms with E-state index < -0.39 is 15.9 Å². The number of carbonyl (C=O) groups is 1. The predicted molar refractivity (Wildman–Crippen MR) is 37.6 cm³/mol. The zero-order valence-electron chi connectivity index (χ0n) is 5.75. The highest BCUT2D eigenvalue weighted by Gasteiger charge is 2.08. The van der Waals surface area contributed by atoms with E-state index in [-0.39, 0.29) is 12.2 Å². The molecular weight excluding hydrogens is 154 g/mol. The Morgan fingerprint density at radius 3 is 2.40 bits per heavy atom. The van der Waals surface area contributed by atoms with Gasteiger partial charge in [0.2, 0.25) is 15.9 Å². The minimum atomic E-state index is -3.44. The van der Waals surface area contributed by atoms with Gasteiger partial charge in [0, 0.05) is 6.42 Å². The first-order valence-electron chi connectivity index (χ1n) is 2.84. The molecule has 1 N–H and O–H groups in total. The molecule has 59 valence electrons. The van der Waals surface area contributed by atoms with Crippen molar-refractivity contribution >= 4 is 15.9 Å². The zero-order chi connectivity index (χ0) is 8.20. The first-order valence-corrected chi connectivity index (χ1v) is 4.49. The normalized spacial score (nSPS) is 11.0. The Morgan fingerprint density at radius 2 is 2.10 bits per heavy atom. The Kier molecular flexibility index (Phi) is 3.35. The van der Waals surface area contributed by atoms with E-state index in [0.29, 0.717) is 0 Å². The van der Waals surface area contributed by atoms with E-state index in [0.717, 1.165) is 0 Å².